The molecule has 1 aromatic carbocycles. The van der Waals surface area contributed by atoms with Crippen LogP contribution in [0.5, 0.6) is 0 Å². The van der Waals surface area contributed by atoms with Gasteiger partial charge in [0.1, 0.15) is 0 Å². The van der Waals surface area contributed by atoms with Gasteiger partial charge in [-0.2, -0.15) is 8.78 Å². The second-order valence-corrected chi connectivity index (χ2v) is 3.73. The summed E-state index contributed by atoms with van der Waals surface area (Å²) in [4.78, 5) is -3.56. The van der Waals surface area contributed by atoms with Crippen LogP contribution in [0.15, 0.2) is 24.3 Å². The molecule has 4 heteroatoms. The zero-order valence-corrected chi connectivity index (χ0v) is 8.83. The van der Waals surface area contributed by atoms with E-state index >= 15 is 0 Å². The third-order valence-corrected chi connectivity index (χ3v) is 1.22. The molecular weight excluding hydrogens is 217 g/mol. The van der Waals surface area contributed by atoms with Crippen molar-refractivity contribution >= 4 is 23.2 Å². The van der Waals surface area contributed by atoms with Gasteiger partial charge in [-0.05, 0) is 37.0 Å². The first-order valence-electron chi connectivity index (χ1n) is 3.58. The average molecular weight is 227 g/mol. The largest absolute Gasteiger partial charge is 0.401 e. The van der Waals surface area contributed by atoms with Crippen molar-refractivity contribution in [3.8, 4) is 0 Å². The number of benzene rings is 1. The standard InChI is InChI=1S/C8H10.CCl2F2/c1-7-3-5-8(2)6-4-7;2-1(3,4)5/h3-6H,1-2H3;. The van der Waals surface area contributed by atoms with E-state index in [0.29, 0.717) is 0 Å². The summed E-state index contributed by atoms with van der Waals surface area (Å²) >= 11 is 7.92. The van der Waals surface area contributed by atoms with E-state index in [2.05, 4.69) is 61.3 Å². The van der Waals surface area contributed by atoms with Gasteiger partial charge in [0.2, 0.25) is 0 Å². The molecule has 0 spiro atoms. The fraction of sp³-hybridized carbons (Fsp3) is 0.333. The highest BCUT2D eigenvalue weighted by molar-refractivity contribution is 6.45. The maximum atomic E-state index is 10.6. The Morgan fingerprint density at radius 1 is 0.923 bits per heavy atom. The zero-order valence-electron chi connectivity index (χ0n) is 7.32. The molecule has 0 atom stereocenters. The molecule has 0 radical (unpaired) electrons. The number of rotatable bonds is 0. The minimum Gasteiger partial charge on any atom is -0.172 e. The lowest BCUT2D eigenvalue weighted by atomic mass is 10.2. The van der Waals surface area contributed by atoms with Crippen LogP contribution in [0.2, 0.25) is 0 Å². The fourth-order valence-corrected chi connectivity index (χ4v) is 0.637. The first kappa shape index (κ1) is 12.7. The van der Waals surface area contributed by atoms with Gasteiger partial charge in [0.15, 0.2) is 0 Å². The number of aryl methyl sites for hydroxylation is 2. The highest BCUT2D eigenvalue weighted by Gasteiger charge is 2.17. The summed E-state index contributed by atoms with van der Waals surface area (Å²) in [5.74, 6) is 0. The Morgan fingerprint density at radius 2 is 1.08 bits per heavy atom. The van der Waals surface area contributed by atoms with Crippen LogP contribution < -0.4 is 0 Å². The van der Waals surface area contributed by atoms with E-state index in [0.717, 1.165) is 0 Å². The van der Waals surface area contributed by atoms with Crippen LogP contribution >= 0.6 is 23.2 Å². The van der Waals surface area contributed by atoms with Gasteiger partial charge in [0, 0.05) is 0 Å². The lowest BCUT2D eigenvalue weighted by Gasteiger charge is -1.90. The van der Waals surface area contributed by atoms with Gasteiger partial charge in [0.05, 0.1) is 0 Å². The molecular formula is C9H10Cl2F2. The summed E-state index contributed by atoms with van der Waals surface area (Å²) in [6.07, 6.45) is 0. The summed E-state index contributed by atoms with van der Waals surface area (Å²) < 4.78 is 21.1. The Balaban J connectivity index is 0.000000252. The third kappa shape index (κ3) is 11.7. The normalized spacial score (nSPS) is 10.3. The van der Waals surface area contributed by atoms with Crippen molar-refractivity contribution in [1.29, 1.82) is 0 Å². The van der Waals surface area contributed by atoms with Crippen LogP contribution in [-0.4, -0.2) is 4.84 Å². The molecule has 0 fully saturated rings. The monoisotopic (exact) mass is 226 g/mol. The maximum absolute atomic E-state index is 10.6. The molecule has 0 aromatic heterocycles. The van der Waals surface area contributed by atoms with Crippen LogP contribution in [-0.2, 0) is 0 Å². The summed E-state index contributed by atoms with van der Waals surface area (Å²) in [7, 11) is 0. The fourth-order valence-electron chi connectivity index (χ4n) is 0.637. The molecule has 13 heavy (non-hydrogen) atoms. The molecule has 0 bridgehead atoms. The predicted octanol–water partition coefficient (Wildman–Crippen LogP) is 4.32. The van der Waals surface area contributed by atoms with Crippen molar-refractivity contribution in [2.75, 3.05) is 0 Å². The highest BCUT2D eigenvalue weighted by Crippen LogP contribution is 2.22. The Morgan fingerprint density at radius 3 is 1.23 bits per heavy atom. The number of halogens is 4. The minimum absolute atomic E-state index is 1.33. The van der Waals surface area contributed by atoms with Gasteiger partial charge >= 0.3 is 4.84 Å². The van der Waals surface area contributed by atoms with Crippen LogP contribution in [0.25, 0.3) is 0 Å². The van der Waals surface area contributed by atoms with E-state index in [1.165, 1.54) is 11.1 Å². The lowest BCUT2D eigenvalue weighted by Crippen LogP contribution is -1.86. The quantitative estimate of drug-likeness (QED) is 0.579. The molecule has 0 aliphatic heterocycles. The Hall–Kier alpha value is -0.340. The van der Waals surface area contributed by atoms with Crippen molar-refractivity contribution in [2.45, 2.75) is 18.7 Å². The smallest absolute Gasteiger partial charge is 0.172 e. The van der Waals surface area contributed by atoms with E-state index in [-0.39, 0.29) is 0 Å². The summed E-state index contributed by atoms with van der Waals surface area (Å²) in [5.41, 5.74) is 2.66. The molecule has 0 aliphatic carbocycles. The molecule has 0 amide bonds. The topological polar surface area (TPSA) is 0 Å². The molecule has 0 heterocycles. The van der Waals surface area contributed by atoms with Crippen LogP contribution in [0.1, 0.15) is 11.1 Å². The Labute approximate surface area is 86.5 Å². The number of hydrogen-bond acceptors (Lipinski definition) is 0. The van der Waals surface area contributed by atoms with E-state index in [4.69, 9.17) is 0 Å². The van der Waals surface area contributed by atoms with Gasteiger partial charge in [-0.25, -0.2) is 0 Å². The molecule has 74 valence electrons. The number of hydrogen-bond donors (Lipinski definition) is 0. The second kappa shape index (κ2) is 5.40. The van der Waals surface area contributed by atoms with E-state index in [9.17, 15) is 8.78 Å². The number of alkyl halides is 4. The second-order valence-electron chi connectivity index (χ2n) is 2.58. The van der Waals surface area contributed by atoms with Crippen molar-refractivity contribution in [3.63, 3.8) is 0 Å². The molecule has 0 saturated heterocycles. The summed E-state index contributed by atoms with van der Waals surface area (Å²) in [5, 5.41) is 0. The average Bonchev–Trinajstić information content (AvgIpc) is 1.92. The molecule has 0 N–H and O–H groups in total. The highest BCUT2D eigenvalue weighted by atomic mass is 35.5. The third-order valence-electron chi connectivity index (χ3n) is 1.22. The van der Waals surface area contributed by atoms with Gasteiger partial charge in [-0.3, -0.25) is 0 Å². The van der Waals surface area contributed by atoms with Gasteiger partial charge in [-0.1, -0.05) is 35.4 Å². The molecule has 0 unspecified atom stereocenters. The summed E-state index contributed by atoms with van der Waals surface area (Å²) in [6.45, 7) is 4.19. The Bertz CT molecular complexity index is 212. The molecule has 0 saturated carbocycles. The predicted molar refractivity (Wildman–Crippen MR) is 52.6 cm³/mol. The molecule has 0 aliphatic rings. The van der Waals surface area contributed by atoms with E-state index in [1.54, 1.807) is 0 Å². The molecule has 1 aromatic rings. The maximum Gasteiger partial charge on any atom is 0.401 e. The van der Waals surface area contributed by atoms with Crippen LogP contribution in [0.4, 0.5) is 8.78 Å². The van der Waals surface area contributed by atoms with Gasteiger partial charge in [0.25, 0.3) is 0 Å². The van der Waals surface area contributed by atoms with Crippen molar-refractivity contribution in [2.24, 2.45) is 0 Å². The van der Waals surface area contributed by atoms with Crippen LogP contribution in [0.3, 0.4) is 0 Å². The van der Waals surface area contributed by atoms with Crippen LogP contribution in [0, 0.1) is 13.8 Å². The van der Waals surface area contributed by atoms with E-state index < -0.39 is 4.84 Å². The van der Waals surface area contributed by atoms with Gasteiger partial charge in [-0.15, -0.1) is 0 Å². The van der Waals surface area contributed by atoms with E-state index in [1.807, 2.05) is 0 Å². The molecule has 0 nitrogen and oxygen atoms in total. The lowest BCUT2D eigenvalue weighted by molar-refractivity contribution is 0.194. The summed E-state index contributed by atoms with van der Waals surface area (Å²) in [6, 6.07) is 8.48. The zero-order chi connectivity index (χ0) is 10.5. The van der Waals surface area contributed by atoms with Gasteiger partial charge < -0.3 is 0 Å². The Kier molecular flexibility index (Phi) is 5.26. The van der Waals surface area contributed by atoms with Crippen molar-refractivity contribution in [3.05, 3.63) is 35.4 Å². The first-order chi connectivity index (χ1) is 5.79. The minimum atomic E-state index is -3.56. The van der Waals surface area contributed by atoms with Crippen molar-refractivity contribution in [1.82, 2.24) is 0 Å². The van der Waals surface area contributed by atoms with Crippen molar-refractivity contribution < 1.29 is 8.78 Å². The SMILES string of the molecule is Cc1ccc(C)cc1.FC(F)(Cl)Cl. The first-order valence-corrected chi connectivity index (χ1v) is 4.33. The molecule has 1 rings (SSSR count).